The molecular weight excluding hydrogens is 825 g/mol. The van der Waals surface area contributed by atoms with Crippen molar-refractivity contribution in [2.45, 2.75) is 76.6 Å². The largest absolute Gasteiger partial charge is 0.488 e. The van der Waals surface area contributed by atoms with Crippen LogP contribution in [-0.2, 0) is 39.9 Å². The van der Waals surface area contributed by atoms with Crippen LogP contribution in [-0.4, -0.2) is 136 Å². The summed E-state index contributed by atoms with van der Waals surface area (Å²) in [5.74, 6) is 1.08. The zero-order valence-corrected chi connectivity index (χ0v) is 37.5. The van der Waals surface area contributed by atoms with Crippen molar-refractivity contribution >= 4 is 57.7 Å². The number of aromatic amines is 1. The molecule has 4 heterocycles. The van der Waals surface area contributed by atoms with Crippen molar-refractivity contribution in [1.82, 2.24) is 30.4 Å². The number of hydrogen-bond acceptors (Lipinski definition) is 13. The topological polar surface area (TPSA) is 221 Å². The van der Waals surface area contributed by atoms with Gasteiger partial charge in [-0.25, -0.2) is 14.6 Å². The first-order chi connectivity index (χ1) is 30.8. The number of alkyl carbamates (subject to hydrolysis) is 2. The van der Waals surface area contributed by atoms with Crippen molar-refractivity contribution in [2.75, 3.05) is 55.2 Å². The molecule has 1 aromatic heterocycles. The first kappa shape index (κ1) is 45.8. The van der Waals surface area contributed by atoms with Crippen LogP contribution in [0.3, 0.4) is 0 Å². The fourth-order valence-electron chi connectivity index (χ4n) is 8.96. The lowest BCUT2D eigenvalue weighted by Crippen LogP contribution is -2.55. The van der Waals surface area contributed by atoms with Gasteiger partial charge < -0.3 is 59.6 Å². The number of methoxy groups -OCH3 is 5. The first-order valence-corrected chi connectivity index (χ1v) is 21.3. The molecule has 5 N–H and O–H groups in total. The van der Waals surface area contributed by atoms with Gasteiger partial charge in [0, 0.05) is 57.5 Å². The number of fused-ring (bicyclic) bond motifs is 6. The van der Waals surface area contributed by atoms with Gasteiger partial charge in [-0.1, -0.05) is 25.1 Å². The number of benzene rings is 3. The van der Waals surface area contributed by atoms with E-state index in [-0.39, 0.29) is 35.7 Å². The Kier molecular flexibility index (Phi) is 14.1. The fourth-order valence-corrected chi connectivity index (χ4v) is 8.96. The van der Waals surface area contributed by atoms with Crippen molar-refractivity contribution in [2.24, 2.45) is 22.6 Å². The van der Waals surface area contributed by atoms with Gasteiger partial charge in [-0.2, -0.15) is 0 Å². The van der Waals surface area contributed by atoms with Gasteiger partial charge in [-0.3, -0.25) is 14.6 Å². The van der Waals surface area contributed by atoms with E-state index in [0.29, 0.717) is 50.7 Å². The number of hydrogen-bond donors (Lipinski definition) is 4. The lowest BCUT2D eigenvalue weighted by atomic mass is 9.92. The number of carbonyl (C=O) groups excluding carboxylic acids is 4. The van der Waals surface area contributed by atoms with Gasteiger partial charge >= 0.3 is 12.2 Å². The summed E-state index contributed by atoms with van der Waals surface area (Å²) >= 11 is 0. The minimum Gasteiger partial charge on any atom is -0.488 e. The second-order valence-corrected chi connectivity index (χ2v) is 16.8. The molecule has 2 saturated heterocycles. The Morgan fingerprint density at radius 2 is 1.59 bits per heavy atom. The maximum absolute atomic E-state index is 14.0. The number of H-pyrrole nitrogens is 1. The average Bonchev–Trinajstić information content (AvgIpc) is 4.04. The van der Waals surface area contributed by atoms with Crippen LogP contribution in [0.4, 0.5) is 9.59 Å². The second kappa shape index (κ2) is 19.7. The summed E-state index contributed by atoms with van der Waals surface area (Å²) in [6.07, 6.45) is 1.95. The third kappa shape index (κ3) is 9.35. The fraction of sp³-hybridized carbons (Fsp3) is 0.478. The van der Waals surface area contributed by atoms with Crippen molar-refractivity contribution in [3.05, 3.63) is 65.6 Å². The van der Waals surface area contributed by atoms with E-state index in [2.05, 4.69) is 33.6 Å². The summed E-state index contributed by atoms with van der Waals surface area (Å²) in [7, 11) is 7.09. The number of rotatable bonds is 14. The summed E-state index contributed by atoms with van der Waals surface area (Å²) in [5.41, 5.74) is 12.3. The number of imidazole rings is 1. The lowest BCUT2D eigenvalue weighted by molar-refractivity contribution is -0.138. The molecule has 4 amide bonds. The highest BCUT2D eigenvalue weighted by Gasteiger charge is 2.42. The summed E-state index contributed by atoms with van der Waals surface area (Å²) in [6.45, 7) is 7.23. The first-order valence-electron chi connectivity index (χ1n) is 21.3. The molecule has 342 valence electrons. The van der Waals surface area contributed by atoms with E-state index in [1.165, 1.54) is 28.4 Å². The number of aromatic nitrogens is 2. The number of aliphatic imine (C=N–C) groups is 1. The van der Waals surface area contributed by atoms with E-state index < -0.39 is 36.5 Å². The molecule has 3 aliphatic rings. The zero-order chi connectivity index (χ0) is 45.8. The lowest BCUT2D eigenvalue weighted by Gasteiger charge is -2.30. The summed E-state index contributed by atoms with van der Waals surface area (Å²) in [6, 6.07) is 11.5. The Hall–Kier alpha value is -6.24. The van der Waals surface area contributed by atoms with E-state index in [0.717, 1.165) is 49.8 Å². The number of likely N-dealkylation sites (tertiary alicyclic amines) is 2. The van der Waals surface area contributed by atoms with E-state index in [4.69, 9.17) is 39.1 Å². The predicted octanol–water partition coefficient (Wildman–Crippen LogP) is 4.90. The molecule has 7 rings (SSSR count). The molecule has 0 bridgehead atoms. The van der Waals surface area contributed by atoms with Crippen molar-refractivity contribution in [1.29, 1.82) is 0 Å². The van der Waals surface area contributed by atoms with Gasteiger partial charge in [0.15, 0.2) is 0 Å². The highest BCUT2D eigenvalue weighted by atomic mass is 16.5. The molecule has 2 fully saturated rings. The second-order valence-electron chi connectivity index (χ2n) is 16.8. The van der Waals surface area contributed by atoms with Crippen molar-refractivity contribution < 1.29 is 47.6 Å². The van der Waals surface area contributed by atoms with E-state index in [1.54, 1.807) is 43.2 Å². The number of ether oxygens (including phenoxy) is 6. The standard InChI is InChI=1S/C46H58N8O10/c1-24-13-37(54(20-24)44(56)40(26(3)61-6)52-46(58)63-8)42-49-36-12-10-28-16-34-32-11-9-29(15-30(32)23-64-38(34)17-33(28)41(36)50-42)35(47)19-48-18-31-14-27(22-59-4)21-53(31)43(55)39(25(2)60-5)51-45(57)62-7/h9-12,15-19,24-27,31,37,39-40H,13-14,20-23,47H2,1-8H3,(H,49,50)(H,51,57)(H,52,58)/b35-19-,48-18+/t24-,25+,26+,27-,31-,37-,39-,40-/m0/s1. The maximum atomic E-state index is 14.0. The minimum absolute atomic E-state index is 0.0685. The molecule has 8 atom stereocenters. The van der Waals surface area contributed by atoms with Crippen LogP contribution in [0.15, 0.2) is 53.7 Å². The highest BCUT2D eigenvalue weighted by Crippen LogP contribution is 2.43. The molecule has 18 heteroatoms. The molecule has 0 radical (unpaired) electrons. The van der Waals surface area contributed by atoms with Gasteiger partial charge in [0.1, 0.15) is 30.3 Å². The number of amides is 4. The van der Waals surface area contributed by atoms with Gasteiger partial charge in [0.25, 0.3) is 0 Å². The van der Waals surface area contributed by atoms with Crippen molar-refractivity contribution in [3.63, 3.8) is 0 Å². The van der Waals surface area contributed by atoms with E-state index in [9.17, 15) is 19.2 Å². The third-order valence-corrected chi connectivity index (χ3v) is 12.5. The number of nitrogens with two attached hydrogens (primary N) is 1. The molecule has 0 aliphatic carbocycles. The van der Waals surface area contributed by atoms with Crippen LogP contribution < -0.4 is 21.1 Å². The SMILES string of the molecule is COC[C@H]1C[C@@H](/C=N/C=C(\N)c2ccc3c(c2)COc2cc4c(ccc5nc([C@@H]6C[C@H](C)CN6C(=O)[C@@H](NC(=O)OC)[C@@H](C)OC)[nH]c54)cc2-3)N(C(=O)[C@@H](NC(=O)OC)[C@@H](C)OC)C1. The van der Waals surface area contributed by atoms with Gasteiger partial charge in [0.2, 0.25) is 11.8 Å². The Balaban J connectivity index is 1.11. The molecule has 0 spiro atoms. The number of nitrogens with one attached hydrogen (secondary N) is 3. The average molecular weight is 883 g/mol. The Morgan fingerprint density at radius 3 is 2.25 bits per heavy atom. The van der Waals surface area contributed by atoms with Gasteiger partial charge in [-0.15, -0.1) is 0 Å². The van der Waals surface area contributed by atoms with Crippen LogP contribution in [0.25, 0.3) is 38.6 Å². The Labute approximate surface area is 371 Å². The molecule has 64 heavy (non-hydrogen) atoms. The van der Waals surface area contributed by atoms with Gasteiger partial charge in [-0.05, 0) is 78.9 Å². The summed E-state index contributed by atoms with van der Waals surface area (Å²) < 4.78 is 32.2. The quantitative estimate of drug-likeness (QED) is 0.124. The number of nitrogens with zero attached hydrogens (tertiary/aromatic N) is 4. The van der Waals surface area contributed by atoms with Crippen LogP contribution in [0.1, 0.15) is 56.6 Å². The Bertz CT molecular complexity index is 2450. The molecule has 0 saturated carbocycles. The maximum Gasteiger partial charge on any atom is 0.407 e. The molecular formula is C46H58N8O10. The van der Waals surface area contributed by atoms with Crippen LogP contribution in [0.2, 0.25) is 0 Å². The Morgan fingerprint density at radius 1 is 0.906 bits per heavy atom. The molecule has 18 nitrogen and oxygen atoms in total. The normalized spacial score (nSPS) is 21.5. The molecule has 0 unspecified atom stereocenters. The van der Waals surface area contributed by atoms with Crippen LogP contribution >= 0.6 is 0 Å². The summed E-state index contributed by atoms with van der Waals surface area (Å²) in [5, 5.41) is 7.17. The molecule has 4 aromatic rings. The zero-order valence-electron chi connectivity index (χ0n) is 37.5. The summed E-state index contributed by atoms with van der Waals surface area (Å²) in [4.78, 5) is 68.6. The van der Waals surface area contributed by atoms with Crippen LogP contribution in [0, 0.1) is 11.8 Å². The van der Waals surface area contributed by atoms with E-state index >= 15 is 0 Å². The molecule has 3 aromatic carbocycles. The monoisotopic (exact) mass is 882 g/mol. The predicted molar refractivity (Wildman–Crippen MR) is 239 cm³/mol. The van der Waals surface area contributed by atoms with Gasteiger partial charge in [0.05, 0.1) is 68.0 Å². The van der Waals surface area contributed by atoms with Crippen molar-refractivity contribution in [3.8, 4) is 16.9 Å². The molecule has 3 aliphatic heterocycles. The highest BCUT2D eigenvalue weighted by molar-refractivity contribution is 6.07. The van der Waals surface area contributed by atoms with E-state index in [1.807, 2.05) is 36.4 Å². The van der Waals surface area contributed by atoms with Crippen LogP contribution in [0.5, 0.6) is 5.75 Å². The number of carbonyl (C=O) groups is 4. The minimum atomic E-state index is -0.963. The third-order valence-electron chi connectivity index (χ3n) is 12.5. The smallest absolute Gasteiger partial charge is 0.407 e.